The molecule has 2 unspecified atom stereocenters. The number of nitrogens with zero attached hydrogens (tertiary/aromatic N) is 2. The minimum Gasteiger partial charge on any atom is -0.335 e. The molecular formula is C40H37BN2. The third-order valence-electron chi connectivity index (χ3n) is 12.2. The smallest absolute Gasteiger partial charge is 0.252 e. The first-order chi connectivity index (χ1) is 20.7. The lowest BCUT2D eigenvalue weighted by atomic mass is 9.33. The topological polar surface area (TPSA) is 8.17 Å². The van der Waals surface area contributed by atoms with Crippen LogP contribution in [0.2, 0.25) is 0 Å². The fraction of sp³-hybridized carbons (Fsp3) is 0.300. The third-order valence-corrected chi connectivity index (χ3v) is 12.2. The van der Waals surface area contributed by atoms with E-state index in [1.807, 2.05) is 0 Å². The van der Waals surface area contributed by atoms with Crippen molar-refractivity contribution in [3.05, 3.63) is 96.1 Å². The molecule has 0 N–H and O–H groups in total. The van der Waals surface area contributed by atoms with Gasteiger partial charge in [-0.3, -0.25) is 0 Å². The maximum atomic E-state index is 2.86. The van der Waals surface area contributed by atoms with Gasteiger partial charge in [0.05, 0.1) is 11.1 Å². The van der Waals surface area contributed by atoms with Crippen LogP contribution in [-0.2, 0) is 10.8 Å². The molecule has 0 radical (unpaired) electrons. The fourth-order valence-corrected chi connectivity index (χ4v) is 10.2. The molecule has 4 aliphatic rings. The third kappa shape index (κ3) is 2.63. The van der Waals surface area contributed by atoms with E-state index in [-0.39, 0.29) is 23.1 Å². The number of aromatic nitrogens is 1. The maximum absolute atomic E-state index is 2.86. The number of hydrogen-bond donors (Lipinski definition) is 0. The van der Waals surface area contributed by atoms with Gasteiger partial charge in [-0.05, 0) is 70.2 Å². The van der Waals surface area contributed by atoms with Crippen LogP contribution in [0, 0.1) is 0 Å². The summed E-state index contributed by atoms with van der Waals surface area (Å²) in [5.74, 6) is 0. The molecule has 210 valence electrons. The summed E-state index contributed by atoms with van der Waals surface area (Å²) in [5.41, 5.74) is 14.9. The van der Waals surface area contributed by atoms with E-state index in [9.17, 15) is 0 Å². The number of para-hydroxylation sites is 1. The second-order valence-corrected chi connectivity index (χ2v) is 15.2. The van der Waals surface area contributed by atoms with Crippen molar-refractivity contribution in [2.24, 2.45) is 0 Å². The zero-order valence-corrected chi connectivity index (χ0v) is 25.9. The van der Waals surface area contributed by atoms with Gasteiger partial charge in [-0.2, -0.15) is 0 Å². The Kier molecular flexibility index (Phi) is 4.30. The highest BCUT2D eigenvalue weighted by molar-refractivity contribution is 7.00. The van der Waals surface area contributed by atoms with E-state index >= 15 is 0 Å². The highest BCUT2D eigenvalue weighted by Crippen LogP contribution is 2.63. The zero-order chi connectivity index (χ0) is 29.0. The van der Waals surface area contributed by atoms with Gasteiger partial charge in [0.2, 0.25) is 0 Å². The molecular weight excluding hydrogens is 519 g/mol. The molecule has 10 rings (SSSR count). The van der Waals surface area contributed by atoms with Crippen molar-refractivity contribution in [2.75, 3.05) is 4.90 Å². The molecule has 3 heteroatoms. The van der Waals surface area contributed by atoms with Crippen LogP contribution in [0.5, 0.6) is 0 Å². The maximum Gasteiger partial charge on any atom is 0.252 e. The van der Waals surface area contributed by atoms with Gasteiger partial charge in [-0.25, -0.2) is 0 Å². The fourth-order valence-electron chi connectivity index (χ4n) is 10.2. The van der Waals surface area contributed by atoms with Crippen molar-refractivity contribution in [3.63, 3.8) is 0 Å². The number of fused-ring (bicyclic) bond motifs is 12. The molecule has 5 aromatic carbocycles. The van der Waals surface area contributed by atoms with Crippen molar-refractivity contribution < 1.29 is 0 Å². The highest BCUT2D eigenvalue weighted by Gasteiger charge is 2.62. The average molecular weight is 557 g/mol. The van der Waals surface area contributed by atoms with Gasteiger partial charge in [-0.1, -0.05) is 113 Å². The number of rotatable bonds is 0. The van der Waals surface area contributed by atoms with E-state index in [1.54, 1.807) is 11.1 Å². The van der Waals surface area contributed by atoms with Crippen LogP contribution in [0.3, 0.4) is 0 Å². The Bertz CT molecular complexity index is 2230. The molecule has 2 atom stereocenters. The highest BCUT2D eigenvalue weighted by atomic mass is 15.3. The lowest BCUT2D eigenvalue weighted by molar-refractivity contribution is 0.193. The summed E-state index contributed by atoms with van der Waals surface area (Å²) >= 11 is 0. The van der Waals surface area contributed by atoms with Crippen LogP contribution in [-0.4, -0.2) is 16.8 Å². The predicted molar refractivity (Wildman–Crippen MR) is 184 cm³/mol. The Balaban J connectivity index is 1.41. The van der Waals surface area contributed by atoms with Crippen molar-refractivity contribution in [1.82, 2.24) is 4.57 Å². The lowest BCUT2D eigenvalue weighted by Gasteiger charge is -2.52. The van der Waals surface area contributed by atoms with E-state index in [1.165, 1.54) is 91.7 Å². The molecule has 1 fully saturated rings. The predicted octanol–water partition coefficient (Wildman–Crippen LogP) is 8.12. The van der Waals surface area contributed by atoms with Crippen molar-refractivity contribution in [2.45, 2.75) is 76.7 Å². The molecule has 6 aromatic rings. The van der Waals surface area contributed by atoms with Crippen molar-refractivity contribution in [1.29, 1.82) is 0 Å². The monoisotopic (exact) mass is 556 g/mol. The summed E-state index contributed by atoms with van der Waals surface area (Å²) < 4.78 is 2.63. The first-order valence-corrected chi connectivity index (χ1v) is 16.3. The Morgan fingerprint density at radius 1 is 0.674 bits per heavy atom. The molecule has 1 saturated carbocycles. The quantitative estimate of drug-likeness (QED) is 0.171. The average Bonchev–Trinajstić information content (AvgIpc) is 3.45. The van der Waals surface area contributed by atoms with Crippen LogP contribution in [0.1, 0.15) is 71.4 Å². The molecule has 1 aromatic heterocycles. The molecule has 4 heterocycles. The van der Waals surface area contributed by atoms with Gasteiger partial charge in [-0.15, -0.1) is 0 Å². The van der Waals surface area contributed by atoms with Gasteiger partial charge < -0.3 is 9.47 Å². The van der Waals surface area contributed by atoms with Gasteiger partial charge >= 0.3 is 0 Å². The molecule has 0 amide bonds. The first-order valence-electron chi connectivity index (χ1n) is 16.3. The molecule has 3 aliphatic heterocycles. The van der Waals surface area contributed by atoms with Gasteiger partial charge in [0.1, 0.15) is 0 Å². The minimum atomic E-state index is 0.0432. The lowest BCUT2D eigenvalue weighted by Crippen LogP contribution is -2.64. The van der Waals surface area contributed by atoms with Gasteiger partial charge in [0.15, 0.2) is 0 Å². The summed E-state index contributed by atoms with van der Waals surface area (Å²) in [6.07, 6.45) is 5.10. The normalized spacial score (nSPS) is 23.2. The Morgan fingerprint density at radius 2 is 1.42 bits per heavy atom. The van der Waals surface area contributed by atoms with Crippen LogP contribution < -0.4 is 21.3 Å². The van der Waals surface area contributed by atoms with E-state index in [0.29, 0.717) is 0 Å². The molecule has 2 nitrogen and oxygen atoms in total. The molecule has 43 heavy (non-hydrogen) atoms. The molecule has 0 spiro atoms. The summed E-state index contributed by atoms with van der Waals surface area (Å²) in [5, 5.41) is 5.36. The van der Waals surface area contributed by atoms with Gasteiger partial charge in [0.25, 0.3) is 6.71 Å². The first kappa shape index (κ1) is 24.5. The van der Waals surface area contributed by atoms with E-state index in [2.05, 4.69) is 129 Å². The molecule has 0 bridgehead atoms. The number of benzene rings is 5. The Morgan fingerprint density at radius 3 is 2.28 bits per heavy atom. The van der Waals surface area contributed by atoms with Crippen LogP contribution in [0.15, 0.2) is 84.9 Å². The minimum absolute atomic E-state index is 0.0432. The van der Waals surface area contributed by atoms with E-state index in [0.717, 1.165) is 0 Å². The zero-order valence-electron chi connectivity index (χ0n) is 25.9. The van der Waals surface area contributed by atoms with Gasteiger partial charge in [0, 0.05) is 44.2 Å². The van der Waals surface area contributed by atoms with Crippen LogP contribution in [0.25, 0.3) is 38.3 Å². The number of hydrogen-bond acceptors (Lipinski definition) is 1. The Labute approximate surface area is 254 Å². The summed E-state index contributed by atoms with van der Waals surface area (Å²) in [6.45, 7) is 12.7. The van der Waals surface area contributed by atoms with Crippen molar-refractivity contribution in [3.8, 4) is 5.69 Å². The summed E-state index contributed by atoms with van der Waals surface area (Å²) in [4.78, 5) is 2.86. The van der Waals surface area contributed by atoms with E-state index < -0.39 is 0 Å². The number of anilines is 2. The van der Waals surface area contributed by atoms with Crippen LogP contribution >= 0.6 is 0 Å². The second kappa shape index (κ2) is 7.56. The Hall–Kier alpha value is -3.98. The van der Waals surface area contributed by atoms with Crippen LogP contribution in [0.4, 0.5) is 11.4 Å². The second-order valence-electron chi connectivity index (χ2n) is 15.2. The van der Waals surface area contributed by atoms with E-state index in [4.69, 9.17) is 0 Å². The standard InChI is InChI=1S/C40H37BN2/c1-38(2,3)28-20-21-30-37-33(28)39(4)22-8-9-23-40(39,5)43(37)32-17-11-16-31-34(32)41(30)29-15-10-14-26-27-19-18-24-12-6-7-13-25(24)35(27)42(31)36(26)29/h6-7,10-21H,8-9,22-23H2,1-5H3. The largest absolute Gasteiger partial charge is 0.335 e. The van der Waals surface area contributed by atoms with Crippen molar-refractivity contribution >= 4 is 67.1 Å². The summed E-state index contributed by atoms with van der Waals surface area (Å²) in [6, 6.07) is 32.9. The summed E-state index contributed by atoms with van der Waals surface area (Å²) in [7, 11) is 0. The molecule has 0 saturated heterocycles. The SMILES string of the molecule is CC(C)(C)c1ccc2c3c1C1(C)CCCCC1(C)N3c1cccc3c1B2c1cccc2c4ccc5ccccc5c4n-3c12. The molecule has 1 aliphatic carbocycles.